The molecule has 0 aliphatic carbocycles. The number of aromatic nitrogens is 6. The standard InChI is InChI=1S/C27H35N9O3/c1-4-21-28-19-7-5-6-8-20(19)36(21)27-30-23-22(24(31-27)34-14-17-39-18-15-34)29-25(32(23)2)26(37)35-11-9-33(10-12-35)13-16-38-3/h5-8H,4,9-18H2,1-3H3. The van der Waals surface area contributed by atoms with Crippen molar-refractivity contribution in [3.8, 4) is 5.95 Å². The highest BCUT2D eigenvalue weighted by Gasteiger charge is 2.29. The number of carbonyl (C=O) groups is 1. The molecule has 1 aromatic carbocycles. The SMILES string of the molecule is CCc1nc2ccccc2n1-c1nc(N2CCOCC2)c2nc(C(=O)N3CCN(CCOC)CC3)n(C)c2n1. The van der Waals surface area contributed by atoms with Crippen LogP contribution in [0.15, 0.2) is 24.3 Å². The van der Waals surface area contributed by atoms with Crippen LogP contribution in [0.3, 0.4) is 0 Å². The van der Waals surface area contributed by atoms with Gasteiger partial charge >= 0.3 is 0 Å². The van der Waals surface area contributed by atoms with Crippen LogP contribution in [0.1, 0.15) is 23.4 Å². The quantitative estimate of drug-likeness (QED) is 0.349. The van der Waals surface area contributed by atoms with E-state index in [0.717, 1.165) is 48.7 Å². The van der Waals surface area contributed by atoms with Gasteiger partial charge in [0.1, 0.15) is 5.82 Å². The van der Waals surface area contributed by atoms with E-state index in [1.54, 1.807) is 7.11 Å². The fourth-order valence-corrected chi connectivity index (χ4v) is 5.39. The van der Waals surface area contributed by atoms with Crippen LogP contribution in [-0.2, 0) is 22.9 Å². The van der Waals surface area contributed by atoms with E-state index in [-0.39, 0.29) is 5.91 Å². The third-order valence-electron chi connectivity index (χ3n) is 7.61. The number of carbonyl (C=O) groups excluding carboxylic acids is 1. The number of para-hydroxylation sites is 2. The molecule has 1 amide bonds. The van der Waals surface area contributed by atoms with Gasteiger partial charge in [-0.15, -0.1) is 0 Å². The highest BCUT2D eigenvalue weighted by atomic mass is 16.5. The van der Waals surface area contributed by atoms with E-state index in [4.69, 9.17) is 29.4 Å². The second-order valence-corrected chi connectivity index (χ2v) is 9.95. The summed E-state index contributed by atoms with van der Waals surface area (Å²) in [6.07, 6.45) is 0.731. The molecule has 0 N–H and O–H groups in total. The van der Waals surface area contributed by atoms with Crippen LogP contribution in [0.4, 0.5) is 5.82 Å². The van der Waals surface area contributed by atoms with E-state index in [1.165, 1.54) is 0 Å². The molecule has 3 aromatic heterocycles. The molecule has 12 heteroatoms. The summed E-state index contributed by atoms with van der Waals surface area (Å²) in [6, 6.07) is 8.02. The Kier molecular flexibility index (Phi) is 7.15. The van der Waals surface area contributed by atoms with Crippen LogP contribution in [0, 0.1) is 0 Å². The molecule has 6 rings (SSSR count). The van der Waals surface area contributed by atoms with E-state index < -0.39 is 0 Å². The van der Waals surface area contributed by atoms with Crippen LogP contribution < -0.4 is 4.90 Å². The fraction of sp³-hybridized carbons (Fsp3) is 0.519. The van der Waals surface area contributed by atoms with Crippen LogP contribution in [-0.4, -0.2) is 118 Å². The molecule has 4 aromatic rings. The number of anilines is 1. The smallest absolute Gasteiger partial charge is 0.290 e. The van der Waals surface area contributed by atoms with Crippen LogP contribution in [0.25, 0.3) is 28.1 Å². The lowest BCUT2D eigenvalue weighted by molar-refractivity contribution is 0.0580. The zero-order valence-electron chi connectivity index (χ0n) is 22.8. The number of benzene rings is 1. The predicted octanol–water partition coefficient (Wildman–Crippen LogP) is 1.51. The number of amides is 1. The molecule has 0 radical (unpaired) electrons. The molecule has 2 aliphatic heterocycles. The van der Waals surface area contributed by atoms with Gasteiger partial charge in [0.2, 0.25) is 11.8 Å². The Morgan fingerprint density at radius 1 is 1.00 bits per heavy atom. The van der Waals surface area contributed by atoms with E-state index in [2.05, 4.69) is 16.7 Å². The van der Waals surface area contributed by atoms with Gasteiger partial charge in [-0.2, -0.15) is 9.97 Å². The summed E-state index contributed by atoms with van der Waals surface area (Å²) in [5.41, 5.74) is 3.11. The number of hydrogen-bond acceptors (Lipinski definition) is 9. The van der Waals surface area contributed by atoms with Gasteiger partial charge in [0.15, 0.2) is 17.0 Å². The predicted molar refractivity (Wildman–Crippen MR) is 148 cm³/mol. The average molecular weight is 534 g/mol. The van der Waals surface area contributed by atoms with Gasteiger partial charge in [0.25, 0.3) is 5.91 Å². The summed E-state index contributed by atoms with van der Waals surface area (Å²) in [5.74, 6) is 2.43. The molecule has 39 heavy (non-hydrogen) atoms. The first-order valence-electron chi connectivity index (χ1n) is 13.6. The highest BCUT2D eigenvalue weighted by molar-refractivity contribution is 5.96. The number of rotatable bonds is 7. The van der Waals surface area contributed by atoms with Crippen molar-refractivity contribution in [2.75, 3.05) is 77.6 Å². The summed E-state index contributed by atoms with van der Waals surface area (Å²) >= 11 is 0. The van der Waals surface area contributed by atoms with Gasteiger partial charge in [-0.05, 0) is 12.1 Å². The molecular formula is C27H35N9O3. The summed E-state index contributed by atoms with van der Waals surface area (Å²) in [6.45, 7) is 9.19. The van der Waals surface area contributed by atoms with Crippen molar-refractivity contribution >= 4 is 33.9 Å². The van der Waals surface area contributed by atoms with Gasteiger partial charge in [-0.1, -0.05) is 19.1 Å². The Labute approximate surface area is 227 Å². The maximum absolute atomic E-state index is 13.7. The normalized spacial score (nSPS) is 17.0. The number of ether oxygens (including phenoxy) is 2. The second-order valence-electron chi connectivity index (χ2n) is 9.95. The number of imidazole rings is 2. The zero-order chi connectivity index (χ0) is 26.9. The molecule has 0 atom stereocenters. The van der Waals surface area contributed by atoms with Crippen LogP contribution in [0.2, 0.25) is 0 Å². The van der Waals surface area contributed by atoms with Crippen molar-refractivity contribution in [1.29, 1.82) is 0 Å². The number of fused-ring (bicyclic) bond motifs is 2. The van der Waals surface area contributed by atoms with Gasteiger partial charge in [-0.25, -0.2) is 9.97 Å². The van der Waals surface area contributed by atoms with Crippen molar-refractivity contribution in [3.63, 3.8) is 0 Å². The molecule has 12 nitrogen and oxygen atoms in total. The molecule has 5 heterocycles. The lowest BCUT2D eigenvalue weighted by atomic mass is 10.3. The first-order valence-corrected chi connectivity index (χ1v) is 13.6. The third kappa shape index (κ3) is 4.72. The Morgan fingerprint density at radius 3 is 2.51 bits per heavy atom. The molecule has 0 spiro atoms. The first kappa shape index (κ1) is 25.7. The topological polar surface area (TPSA) is 107 Å². The van der Waals surface area contributed by atoms with E-state index in [1.807, 2.05) is 45.3 Å². The molecule has 0 saturated carbocycles. The third-order valence-corrected chi connectivity index (χ3v) is 7.61. The summed E-state index contributed by atoms with van der Waals surface area (Å²) in [4.78, 5) is 39.8. The Hall–Kier alpha value is -3.61. The number of hydrogen-bond donors (Lipinski definition) is 0. The molecular weight excluding hydrogens is 498 g/mol. The van der Waals surface area contributed by atoms with Gasteiger partial charge in [0.05, 0.1) is 30.9 Å². The number of aryl methyl sites for hydroxylation is 2. The van der Waals surface area contributed by atoms with Crippen molar-refractivity contribution in [2.45, 2.75) is 13.3 Å². The maximum atomic E-state index is 13.7. The zero-order valence-corrected chi connectivity index (χ0v) is 22.8. The molecule has 0 unspecified atom stereocenters. The molecule has 2 fully saturated rings. The number of nitrogens with zero attached hydrogens (tertiary/aromatic N) is 9. The summed E-state index contributed by atoms with van der Waals surface area (Å²) in [7, 11) is 3.58. The van der Waals surface area contributed by atoms with E-state index >= 15 is 0 Å². The van der Waals surface area contributed by atoms with Crippen LogP contribution in [0.5, 0.6) is 0 Å². The van der Waals surface area contributed by atoms with Gasteiger partial charge < -0.3 is 23.8 Å². The summed E-state index contributed by atoms with van der Waals surface area (Å²) in [5, 5.41) is 0. The molecule has 206 valence electrons. The minimum Gasteiger partial charge on any atom is -0.383 e. The molecule has 2 saturated heterocycles. The number of morpholine rings is 1. The Balaban J connectivity index is 1.43. The first-order chi connectivity index (χ1) is 19.1. The van der Waals surface area contributed by atoms with Crippen molar-refractivity contribution in [2.24, 2.45) is 7.05 Å². The van der Waals surface area contributed by atoms with E-state index in [0.29, 0.717) is 68.9 Å². The molecule has 2 aliphatic rings. The van der Waals surface area contributed by atoms with Crippen molar-refractivity contribution in [3.05, 3.63) is 35.9 Å². The number of methoxy groups -OCH3 is 1. The monoisotopic (exact) mass is 533 g/mol. The van der Waals surface area contributed by atoms with Crippen LogP contribution >= 0.6 is 0 Å². The van der Waals surface area contributed by atoms with Gasteiger partial charge in [0, 0.05) is 66.4 Å². The highest BCUT2D eigenvalue weighted by Crippen LogP contribution is 2.29. The largest absolute Gasteiger partial charge is 0.383 e. The minimum atomic E-state index is -0.0845. The Bertz CT molecular complexity index is 1480. The average Bonchev–Trinajstić information content (AvgIpc) is 3.53. The fourth-order valence-electron chi connectivity index (χ4n) is 5.39. The molecule has 0 bridgehead atoms. The lowest BCUT2D eigenvalue weighted by Crippen LogP contribution is -2.49. The van der Waals surface area contributed by atoms with Crippen molar-refractivity contribution in [1.82, 2.24) is 38.9 Å². The number of piperazine rings is 1. The minimum absolute atomic E-state index is 0.0845. The second kappa shape index (κ2) is 10.9. The van der Waals surface area contributed by atoms with Gasteiger partial charge in [-0.3, -0.25) is 14.3 Å². The lowest BCUT2D eigenvalue weighted by Gasteiger charge is -2.34. The maximum Gasteiger partial charge on any atom is 0.290 e. The Morgan fingerprint density at radius 2 is 1.77 bits per heavy atom. The summed E-state index contributed by atoms with van der Waals surface area (Å²) < 4.78 is 14.7. The van der Waals surface area contributed by atoms with E-state index in [9.17, 15) is 4.79 Å². The van der Waals surface area contributed by atoms with Crippen molar-refractivity contribution < 1.29 is 14.3 Å².